The Morgan fingerprint density at radius 3 is 0.850 bits per heavy atom. The van der Waals surface area contributed by atoms with Crippen LogP contribution in [0.5, 0.6) is 0 Å². The number of pyridine rings is 15. The fourth-order valence-electron chi connectivity index (χ4n) is 11.1. The summed E-state index contributed by atoms with van der Waals surface area (Å²) in [6.45, 7) is 0. The van der Waals surface area contributed by atoms with Gasteiger partial charge in [0.05, 0.1) is 80.0 Å². The van der Waals surface area contributed by atoms with Crippen molar-refractivity contribution in [1.29, 1.82) is 0 Å². The molecular formula is C97H73N23. The van der Waals surface area contributed by atoms with Crippen molar-refractivity contribution in [2.45, 2.75) is 0 Å². The molecule has 0 N–H and O–H groups in total. The summed E-state index contributed by atoms with van der Waals surface area (Å²) in [5.41, 5.74) is 10.6. The van der Waals surface area contributed by atoms with Gasteiger partial charge in [-0.05, 0) is 169 Å². The molecule has 0 saturated carbocycles. The highest BCUT2D eigenvalue weighted by Gasteiger charge is 1.97. The maximum atomic E-state index is 4.18. The molecule has 19 aromatic heterocycles. The Balaban J connectivity index is 0.000000113. The average Bonchev–Trinajstić information content (AvgIpc) is 0.989. The standard InChI is InChI=1S/C9H7N.11C8H6N2/c1-2-6-9-8(4-1)5-3-7-10-9;1-3-9-6-8-2-4-10-5-7(1)8;1-3-9-5-8-6-10-4-2-7(1)8;1-3-7-8(9-5-1)4-2-6-10-7;1-3-7-4-2-6-10-8(7)9-5-1;2*1-2-7-6-9-5-3-8(7)10-4-1;1-2-7-3-5-9-6-8(7)10-4-1;1-2-4-8-7(3-1)5-9-6-10-8;1-2-4-8-6-10-9-5-7(8)3-1;1-2-4-8-7(3-1)9-5-6-10-8;1-2-4-8-7(3-1)5-6-9-10-8/h1-7H;11*1-6H. The second-order valence-corrected chi connectivity index (χ2v) is 25.0. The third-order valence-corrected chi connectivity index (χ3v) is 17.0. The van der Waals surface area contributed by atoms with E-state index in [2.05, 4.69) is 127 Å². The molecule has 23 heteroatoms. The van der Waals surface area contributed by atoms with Crippen LogP contribution in [-0.4, -0.2) is 115 Å². The van der Waals surface area contributed by atoms with E-state index in [-0.39, 0.29) is 0 Å². The van der Waals surface area contributed by atoms with Gasteiger partial charge in [0.25, 0.3) is 0 Å². The van der Waals surface area contributed by atoms with Gasteiger partial charge in [-0.15, -0.1) is 0 Å². The summed E-state index contributed by atoms with van der Waals surface area (Å²) < 4.78 is 0. The topological polar surface area (TPSA) is 296 Å². The van der Waals surface area contributed by atoms with Gasteiger partial charge in [-0.1, -0.05) is 103 Å². The Kier molecular flexibility index (Phi) is 30.6. The second-order valence-electron chi connectivity index (χ2n) is 25.0. The van der Waals surface area contributed by atoms with Gasteiger partial charge in [0.15, 0.2) is 5.65 Å². The van der Waals surface area contributed by atoms with Crippen molar-refractivity contribution in [1.82, 2.24) is 115 Å². The van der Waals surface area contributed by atoms with Gasteiger partial charge in [-0.3, -0.25) is 74.8 Å². The minimum atomic E-state index is 0.810. The summed E-state index contributed by atoms with van der Waals surface area (Å²) in [5, 5.41) is 29.9. The molecule has 0 spiro atoms. The zero-order chi connectivity index (χ0) is 81.7. The van der Waals surface area contributed by atoms with Crippen LogP contribution in [0.25, 0.3) is 131 Å². The van der Waals surface area contributed by atoms with Crippen molar-refractivity contribution in [3.63, 3.8) is 0 Å². The molecular weight excluding hydrogens is 1490 g/mol. The van der Waals surface area contributed by atoms with Crippen LogP contribution in [-0.2, 0) is 0 Å². The van der Waals surface area contributed by atoms with Crippen LogP contribution >= 0.6 is 0 Å². The Labute approximate surface area is 688 Å². The van der Waals surface area contributed by atoms with E-state index in [9.17, 15) is 0 Å². The van der Waals surface area contributed by atoms with Gasteiger partial charge >= 0.3 is 0 Å². The smallest absolute Gasteiger partial charge is 0.159 e. The lowest BCUT2D eigenvalue weighted by Crippen LogP contribution is -1.79. The zero-order valence-corrected chi connectivity index (χ0v) is 64.4. The van der Waals surface area contributed by atoms with E-state index in [1.807, 2.05) is 304 Å². The number of aromatic nitrogens is 23. The number of hydrogen-bond donors (Lipinski definition) is 0. The minimum absolute atomic E-state index is 0.810. The van der Waals surface area contributed by atoms with Crippen LogP contribution in [0.3, 0.4) is 0 Å². The van der Waals surface area contributed by atoms with Crippen LogP contribution in [0.2, 0.25) is 0 Å². The Morgan fingerprint density at radius 1 is 0.125 bits per heavy atom. The molecule has 19 heterocycles. The molecule has 0 unspecified atom stereocenters. The minimum Gasteiger partial charge on any atom is -0.264 e. The van der Waals surface area contributed by atoms with Gasteiger partial charge in [-0.2, -0.15) is 20.4 Å². The van der Waals surface area contributed by atoms with Crippen LogP contribution in [0.1, 0.15) is 0 Å². The quantitative estimate of drug-likeness (QED) is 0.136. The highest BCUT2D eigenvalue weighted by molar-refractivity contribution is 5.84. The van der Waals surface area contributed by atoms with E-state index in [0.29, 0.717) is 0 Å². The molecule has 576 valence electrons. The molecule has 0 fully saturated rings. The van der Waals surface area contributed by atoms with E-state index in [4.69, 9.17) is 0 Å². The third-order valence-electron chi connectivity index (χ3n) is 17.0. The first-order valence-electron chi connectivity index (χ1n) is 37.6. The lowest BCUT2D eigenvalue weighted by Gasteiger charge is -1.91. The first kappa shape index (κ1) is 80.8. The normalized spacial score (nSPS) is 10.0. The molecule has 0 radical (unpaired) electrons. The molecule has 5 aromatic carbocycles. The first-order chi connectivity index (χ1) is 59.6. The summed E-state index contributed by atoms with van der Waals surface area (Å²) in [4.78, 5) is 77.0. The Morgan fingerprint density at radius 2 is 0.400 bits per heavy atom. The van der Waals surface area contributed by atoms with E-state index in [1.165, 1.54) is 10.8 Å². The predicted octanol–water partition coefficient (Wildman–Crippen LogP) is 20.2. The highest BCUT2D eigenvalue weighted by Crippen LogP contribution is 2.16. The Hall–Kier alpha value is -17.2. The number of hydrogen-bond acceptors (Lipinski definition) is 23. The van der Waals surface area contributed by atoms with Crippen molar-refractivity contribution < 1.29 is 0 Å². The molecule has 0 aliphatic carbocycles. The largest absolute Gasteiger partial charge is 0.264 e. The number of para-hydroxylation sites is 4. The number of fused-ring (bicyclic) bond motifs is 12. The van der Waals surface area contributed by atoms with Gasteiger partial charge in [0.2, 0.25) is 0 Å². The van der Waals surface area contributed by atoms with Crippen molar-refractivity contribution in [3.05, 3.63) is 447 Å². The monoisotopic (exact) mass is 1560 g/mol. The zero-order valence-electron chi connectivity index (χ0n) is 64.4. The maximum absolute atomic E-state index is 4.18. The lowest BCUT2D eigenvalue weighted by molar-refractivity contribution is 1.05. The maximum Gasteiger partial charge on any atom is 0.159 e. The van der Waals surface area contributed by atoms with E-state index in [1.54, 1.807) is 130 Å². The summed E-state index contributed by atoms with van der Waals surface area (Å²) in [5.74, 6) is 0. The van der Waals surface area contributed by atoms with Crippen LogP contribution < -0.4 is 0 Å². The number of nitrogens with zero attached hydrogens (tertiary/aromatic N) is 23. The number of rotatable bonds is 0. The van der Waals surface area contributed by atoms with Gasteiger partial charge in [0.1, 0.15) is 6.33 Å². The number of benzene rings is 5. The SMILES string of the molecule is c1cc2ccncc2cn1.c1cc2cnccc2cn1.c1ccc2cnncc2c1.c1ccc2ncccc2c1.c1ccc2nccnc2c1.c1ccc2ncncc2c1.c1ccc2nnccc2c1.c1cnc2cccnc2c1.c1cnc2ccncc2c1.c1cnc2ccncc2c1.c1cnc2cnccc2c1.c1cnc2ncccc2c1. The molecule has 0 saturated heterocycles. The lowest BCUT2D eigenvalue weighted by atomic mass is 10.2. The fourth-order valence-corrected chi connectivity index (χ4v) is 11.1. The summed E-state index contributed by atoms with van der Waals surface area (Å²) in [7, 11) is 0. The third kappa shape index (κ3) is 25.4. The van der Waals surface area contributed by atoms with Crippen molar-refractivity contribution in [3.8, 4) is 0 Å². The molecule has 0 aliphatic heterocycles. The summed E-state index contributed by atoms with van der Waals surface area (Å²) >= 11 is 0. The molecule has 23 nitrogen and oxygen atoms in total. The highest BCUT2D eigenvalue weighted by atomic mass is 15.1. The first-order valence-corrected chi connectivity index (χ1v) is 37.6. The molecule has 120 heavy (non-hydrogen) atoms. The van der Waals surface area contributed by atoms with E-state index >= 15 is 0 Å². The van der Waals surface area contributed by atoms with Crippen LogP contribution in [0.4, 0.5) is 0 Å². The Bertz CT molecular complexity index is 4870. The molecule has 0 amide bonds. The fraction of sp³-hybridized carbons (Fsp3) is 0. The van der Waals surface area contributed by atoms with E-state index in [0.717, 1.165) is 120 Å². The van der Waals surface area contributed by atoms with Crippen molar-refractivity contribution in [2.24, 2.45) is 0 Å². The van der Waals surface area contributed by atoms with E-state index < -0.39 is 0 Å². The van der Waals surface area contributed by atoms with Gasteiger partial charge in [-0.25, -0.2) is 19.9 Å². The molecule has 24 aromatic rings. The predicted molar refractivity (Wildman–Crippen MR) is 477 cm³/mol. The molecule has 0 bridgehead atoms. The molecule has 0 aliphatic rings. The second kappa shape index (κ2) is 45.5. The summed E-state index contributed by atoms with van der Waals surface area (Å²) in [6.07, 6.45) is 51.1. The van der Waals surface area contributed by atoms with Crippen LogP contribution in [0, 0.1) is 0 Å². The molecule has 0 atom stereocenters. The van der Waals surface area contributed by atoms with Crippen LogP contribution in [0.15, 0.2) is 447 Å². The molecule has 24 rings (SSSR count). The van der Waals surface area contributed by atoms with Gasteiger partial charge in [0, 0.05) is 213 Å². The van der Waals surface area contributed by atoms with Gasteiger partial charge < -0.3 is 0 Å². The van der Waals surface area contributed by atoms with Crippen molar-refractivity contribution >= 4 is 131 Å². The van der Waals surface area contributed by atoms with Crippen molar-refractivity contribution in [2.75, 3.05) is 0 Å². The summed E-state index contributed by atoms with van der Waals surface area (Å²) in [6, 6.07) is 86.5. The average molecular weight is 1560 g/mol.